The van der Waals surface area contributed by atoms with Crippen molar-refractivity contribution in [3.05, 3.63) is 38.7 Å². The number of hydrogen-bond donors (Lipinski definition) is 1. The first-order chi connectivity index (χ1) is 10.6. The highest BCUT2D eigenvalue weighted by molar-refractivity contribution is 9.10. The Balaban J connectivity index is 2.24. The van der Waals surface area contributed by atoms with Crippen molar-refractivity contribution >= 4 is 43.6 Å². The molecule has 1 amide bonds. The molecule has 0 saturated carbocycles. The second-order valence-electron chi connectivity index (χ2n) is 4.72. The Kier molecular flexibility index (Phi) is 5.14. The molecule has 2 heterocycles. The number of carbonyl (C=O) groups is 1. The molecule has 0 saturated heterocycles. The van der Waals surface area contributed by atoms with E-state index in [1.165, 1.54) is 20.0 Å². The molecule has 0 radical (unpaired) electrons. The average Bonchev–Trinajstić information content (AvgIpc) is 2.77. The molecule has 0 aliphatic carbocycles. The van der Waals surface area contributed by atoms with Crippen LogP contribution in [-0.2, 0) is 11.0 Å². The average molecular weight is 456 g/mol. The van der Waals surface area contributed by atoms with Gasteiger partial charge in [-0.25, -0.2) is 4.98 Å². The van der Waals surface area contributed by atoms with Crippen molar-refractivity contribution in [2.24, 2.45) is 0 Å². The largest absolute Gasteiger partial charge is 0.436 e. The van der Waals surface area contributed by atoms with Crippen LogP contribution < -0.4 is 5.32 Å². The second kappa shape index (κ2) is 6.60. The van der Waals surface area contributed by atoms with Crippen LogP contribution in [0.4, 0.5) is 19.0 Å². The van der Waals surface area contributed by atoms with Crippen LogP contribution in [0.2, 0.25) is 0 Å². The maximum Gasteiger partial charge on any atom is 0.436 e. The fourth-order valence-electron chi connectivity index (χ4n) is 1.85. The van der Waals surface area contributed by atoms with Crippen LogP contribution in [0.3, 0.4) is 0 Å². The third-order valence-corrected chi connectivity index (χ3v) is 4.49. The highest BCUT2D eigenvalue weighted by Crippen LogP contribution is 2.36. The maximum atomic E-state index is 12.9. The Bertz CT molecular complexity index is 728. The minimum Gasteiger partial charge on any atom is -0.309 e. The molecule has 0 aliphatic heterocycles. The van der Waals surface area contributed by atoms with Crippen LogP contribution in [-0.4, -0.2) is 20.7 Å². The topological polar surface area (TPSA) is 59.8 Å². The predicted molar refractivity (Wildman–Crippen MR) is 84.9 cm³/mol. The van der Waals surface area contributed by atoms with Gasteiger partial charge in [-0.2, -0.15) is 18.3 Å². The molecule has 2 rings (SSSR count). The summed E-state index contributed by atoms with van der Waals surface area (Å²) in [4.78, 5) is 16.2. The molecule has 1 unspecified atom stereocenters. The van der Waals surface area contributed by atoms with Gasteiger partial charge < -0.3 is 5.32 Å². The molecular weight excluding hydrogens is 445 g/mol. The minimum atomic E-state index is -4.60. The Morgan fingerprint density at radius 1 is 1.35 bits per heavy atom. The van der Waals surface area contributed by atoms with E-state index in [1.807, 2.05) is 0 Å². The van der Waals surface area contributed by atoms with E-state index < -0.39 is 23.8 Å². The number of rotatable bonds is 3. The quantitative estimate of drug-likeness (QED) is 0.749. The van der Waals surface area contributed by atoms with Crippen LogP contribution >= 0.6 is 31.9 Å². The van der Waals surface area contributed by atoms with Crippen LogP contribution in [0, 0.1) is 6.92 Å². The third-order valence-electron chi connectivity index (χ3n) is 3.07. The fraction of sp³-hybridized carbons (Fsp3) is 0.308. The van der Waals surface area contributed by atoms with E-state index in [0.29, 0.717) is 5.82 Å². The third kappa shape index (κ3) is 3.92. The molecule has 0 fully saturated rings. The molecule has 5 nitrogen and oxygen atoms in total. The fourth-order valence-corrected chi connectivity index (χ4v) is 2.57. The monoisotopic (exact) mass is 454 g/mol. The summed E-state index contributed by atoms with van der Waals surface area (Å²) in [7, 11) is 0. The van der Waals surface area contributed by atoms with Gasteiger partial charge in [-0.05, 0) is 57.8 Å². The van der Waals surface area contributed by atoms with Crippen molar-refractivity contribution in [1.29, 1.82) is 0 Å². The lowest BCUT2D eigenvalue weighted by Gasteiger charge is -2.14. The number of halogens is 5. The summed E-state index contributed by atoms with van der Waals surface area (Å²) in [5, 5.41) is 6.05. The molecule has 0 aromatic carbocycles. The van der Waals surface area contributed by atoms with E-state index in [2.05, 4.69) is 47.3 Å². The first kappa shape index (κ1) is 17.9. The van der Waals surface area contributed by atoms with Gasteiger partial charge in [0.1, 0.15) is 11.9 Å². The number of aromatic nitrogens is 3. The Hall–Kier alpha value is -1.42. The number of amides is 1. The van der Waals surface area contributed by atoms with Crippen LogP contribution in [0.1, 0.15) is 24.4 Å². The van der Waals surface area contributed by atoms with E-state index in [-0.39, 0.29) is 10.2 Å². The van der Waals surface area contributed by atoms with Gasteiger partial charge in [0.2, 0.25) is 5.91 Å². The standard InChI is InChI=1S/C13H11Br2F3N4O/c1-6-10(15)11(13(16,17)18)21-22(6)7(2)12(23)20-9-4-3-8(14)5-19-9/h3-5,7H,1-2H3,(H,19,20,23). The number of hydrogen-bond acceptors (Lipinski definition) is 3. The Morgan fingerprint density at radius 2 is 2.00 bits per heavy atom. The number of nitrogens with zero attached hydrogens (tertiary/aromatic N) is 3. The van der Waals surface area contributed by atoms with E-state index >= 15 is 0 Å². The molecule has 0 aliphatic rings. The second-order valence-corrected chi connectivity index (χ2v) is 6.43. The first-order valence-corrected chi connectivity index (χ1v) is 7.94. The van der Waals surface area contributed by atoms with Crippen molar-refractivity contribution in [3.8, 4) is 0 Å². The molecule has 2 aromatic rings. The molecule has 2 aromatic heterocycles. The lowest BCUT2D eigenvalue weighted by atomic mass is 10.3. The minimum absolute atomic E-state index is 0.175. The van der Waals surface area contributed by atoms with E-state index in [0.717, 1.165) is 9.15 Å². The highest BCUT2D eigenvalue weighted by Gasteiger charge is 2.38. The van der Waals surface area contributed by atoms with Crippen LogP contribution in [0.15, 0.2) is 27.3 Å². The molecule has 1 N–H and O–H groups in total. The summed E-state index contributed by atoms with van der Waals surface area (Å²) in [5.41, 5.74) is -0.847. The van der Waals surface area contributed by atoms with Crippen molar-refractivity contribution in [3.63, 3.8) is 0 Å². The summed E-state index contributed by atoms with van der Waals surface area (Å²) < 4.78 is 40.2. The van der Waals surface area contributed by atoms with Gasteiger partial charge in [0.15, 0.2) is 5.69 Å². The number of nitrogens with one attached hydrogen (secondary N) is 1. The first-order valence-electron chi connectivity index (χ1n) is 6.35. The Morgan fingerprint density at radius 3 is 2.48 bits per heavy atom. The molecule has 1 atom stereocenters. The summed E-state index contributed by atoms with van der Waals surface area (Å²) in [6.45, 7) is 2.91. The Labute approximate surface area is 146 Å². The number of anilines is 1. The van der Waals surface area contributed by atoms with Gasteiger partial charge in [-0.1, -0.05) is 0 Å². The summed E-state index contributed by atoms with van der Waals surface area (Å²) in [6, 6.07) is 2.32. The lowest BCUT2D eigenvalue weighted by molar-refractivity contribution is -0.142. The smallest absolute Gasteiger partial charge is 0.309 e. The van der Waals surface area contributed by atoms with Crippen molar-refractivity contribution < 1.29 is 18.0 Å². The molecule has 0 bridgehead atoms. The number of pyridine rings is 1. The zero-order valence-electron chi connectivity index (χ0n) is 11.9. The normalized spacial score (nSPS) is 13.0. The van der Waals surface area contributed by atoms with Gasteiger partial charge in [0.25, 0.3) is 0 Å². The van der Waals surface area contributed by atoms with Gasteiger partial charge in [-0.3, -0.25) is 9.48 Å². The van der Waals surface area contributed by atoms with Gasteiger partial charge in [-0.15, -0.1) is 0 Å². The zero-order chi connectivity index (χ0) is 17.4. The van der Waals surface area contributed by atoms with Crippen molar-refractivity contribution in [2.75, 3.05) is 5.32 Å². The molecule has 10 heteroatoms. The van der Waals surface area contributed by atoms with Crippen molar-refractivity contribution in [2.45, 2.75) is 26.1 Å². The number of alkyl halides is 3. The maximum absolute atomic E-state index is 12.9. The van der Waals surface area contributed by atoms with Gasteiger partial charge in [0, 0.05) is 10.7 Å². The van der Waals surface area contributed by atoms with E-state index in [1.54, 1.807) is 12.1 Å². The highest BCUT2D eigenvalue weighted by atomic mass is 79.9. The van der Waals surface area contributed by atoms with Gasteiger partial charge >= 0.3 is 6.18 Å². The van der Waals surface area contributed by atoms with Crippen molar-refractivity contribution in [1.82, 2.24) is 14.8 Å². The molecule has 124 valence electrons. The summed E-state index contributed by atoms with van der Waals surface area (Å²) in [6.07, 6.45) is -3.10. The molecule has 23 heavy (non-hydrogen) atoms. The summed E-state index contributed by atoms with van der Waals surface area (Å²) >= 11 is 6.09. The van der Waals surface area contributed by atoms with Crippen LogP contribution in [0.25, 0.3) is 0 Å². The van der Waals surface area contributed by atoms with E-state index in [9.17, 15) is 18.0 Å². The predicted octanol–water partition coefficient (Wildman–Crippen LogP) is 4.33. The lowest BCUT2D eigenvalue weighted by Crippen LogP contribution is -2.26. The van der Waals surface area contributed by atoms with Gasteiger partial charge in [0.05, 0.1) is 10.2 Å². The molecular formula is C13H11Br2F3N4O. The zero-order valence-corrected chi connectivity index (χ0v) is 15.1. The van der Waals surface area contributed by atoms with E-state index in [4.69, 9.17) is 0 Å². The number of carbonyl (C=O) groups excluding carboxylic acids is 1. The van der Waals surface area contributed by atoms with Crippen LogP contribution in [0.5, 0.6) is 0 Å². The SMILES string of the molecule is Cc1c(Br)c(C(F)(F)F)nn1C(C)C(=O)Nc1ccc(Br)cn1. The summed E-state index contributed by atoms with van der Waals surface area (Å²) in [5.74, 6) is -0.225. The molecule has 0 spiro atoms.